The van der Waals surface area contributed by atoms with Crippen LogP contribution in [-0.4, -0.2) is 4.98 Å². The topological polar surface area (TPSA) is 60.5 Å². The van der Waals surface area contributed by atoms with Crippen molar-refractivity contribution in [2.24, 2.45) is 0 Å². The van der Waals surface area contributed by atoms with E-state index in [0.717, 1.165) is 0 Å². The molecule has 0 saturated heterocycles. The third-order valence-corrected chi connectivity index (χ3v) is 2.91. The van der Waals surface area contributed by atoms with Crippen molar-refractivity contribution in [1.82, 2.24) is 4.98 Å². The minimum absolute atomic E-state index is 0.414. The first-order valence-electron chi connectivity index (χ1n) is 5.23. The zero-order valence-electron chi connectivity index (χ0n) is 9.34. The molecule has 4 heteroatoms. The molecular formula is C14H8ClN3. The van der Waals surface area contributed by atoms with Crippen LogP contribution >= 0.6 is 11.6 Å². The van der Waals surface area contributed by atoms with Gasteiger partial charge in [0.15, 0.2) is 0 Å². The van der Waals surface area contributed by atoms with Crippen molar-refractivity contribution in [3.8, 4) is 12.1 Å². The minimum Gasteiger partial charge on any atom is -0.258 e. The Balaban J connectivity index is 2.63. The number of halogens is 1. The van der Waals surface area contributed by atoms with Crippen LogP contribution in [0.3, 0.4) is 0 Å². The van der Waals surface area contributed by atoms with Gasteiger partial charge in [-0.1, -0.05) is 29.8 Å². The lowest BCUT2D eigenvalue weighted by atomic mass is 9.80. The van der Waals surface area contributed by atoms with Crippen LogP contribution in [0.2, 0.25) is 5.02 Å². The standard InChI is InChI=1S/C14H8ClN3/c15-12-6-4-11(5-7-12)14(9-16,10-17)13-3-1-2-8-18-13/h1-8H. The van der Waals surface area contributed by atoms with Crippen molar-refractivity contribution in [3.05, 3.63) is 64.9 Å². The molecule has 86 valence electrons. The maximum absolute atomic E-state index is 9.41. The van der Waals surface area contributed by atoms with Crippen molar-refractivity contribution in [3.63, 3.8) is 0 Å². The summed E-state index contributed by atoms with van der Waals surface area (Å²) in [6.07, 6.45) is 1.56. The van der Waals surface area contributed by atoms with Crippen LogP contribution < -0.4 is 0 Å². The van der Waals surface area contributed by atoms with Gasteiger partial charge in [-0.2, -0.15) is 10.5 Å². The van der Waals surface area contributed by atoms with Crippen LogP contribution in [0.25, 0.3) is 0 Å². The van der Waals surface area contributed by atoms with E-state index < -0.39 is 5.41 Å². The number of nitriles is 2. The van der Waals surface area contributed by atoms with E-state index in [2.05, 4.69) is 17.1 Å². The average Bonchev–Trinajstić information content (AvgIpc) is 2.44. The second-order valence-corrected chi connectivity index (χ2v) is 4.13. The summed E-state index contributed by atoms with van der Waals surface area (Å²) in [6.45, 7) is 0. The highest BCUT2D eigenvalue weighted by molar-refractivity contribution is 6.30. The maximum Gasteiger partial charge on any atom is 0.210 e. The zero-order valence-corrected chi connectivity index (χ0v) is 10.1. The van der Waals surface area contributed by atoms with E-state index in [0.29, 0.717) is 16.3 Å². The maximum atomic E-state index is 9.41. The lowest BCUT2D eigenvalue weighted by Crippen LogP contribution is -2.24. The van der Waals surface area contributed by atoms with Crippen LogP contribution in [0.5, 0.6) is 0 Å². The molecule has 1 aromatic heterocycles. The van der Waals surface area contributed by atoms with Crippen LogP contribution in [0, 0.1) is 22.7 Å². The Labute approximate surface area is 110 Å². The van der Waals surface area contributed by atoms with E-state index in [1.165, 1.54) is 0 Å². The highest BCUT2D eigenvalue weighted by Crippen LogP contribution is 2.30. The predicted molar refractivity (Wildman–Crippen MR) is 67.7 cm³/mol. The average molecular weight is 254 g/mol. The third-order valence-electron chi connectivity index (χ3n) is 2.66. The van der Waals surface area contributed by atoms with Crippen molar-refractivity contribution < 1.29 is 0 Å². The molecule has 0 aliphatic rings. The Bertz CT molecular complexity index is 607. The molecule has 0 fully saturated rings. The Kier molecular flexibility index (Phi) is 3.28. The highest BCUT2D eigenvalue weighted by Gasteiger charge is 2.36. The fraction of sp³-hybridized carbons (Fsp3) is 0.0714. The van der Waals surface area contributed by atoms with Crippen LogP contribution in [-0.2, 0) is 5.41 Å². The molecule has 2 rings (SSSR count). The van der Waals surface area contributed by atoms with E-state index in [9.17, 15) is 10.5 Å². The van der Waals surface area contributed by atoms with Gasteiger partial charge in [0.1, 0.15) is 0 Å². The summed E-state index contributed by atoms with van der Waals surface area (Å²) in [6, 6.07) is 15.9. The third kappa shape index (κ3) is 1.93. The van der Waals surface area contributed by atoms with E-state index in [1.54, 1.807) is 48.7 Å². The van der Waals surface area contributed by atoms with Gasteiger partial charge in [0, 0.05) is 11.2 Å². The molecule has 18 heavy (non-hydrogen) atoms. The molecule has 0 unspecified atom stereocenters. The molecule has 0 aliphatic heterocycles. The van der Waals surface area contributed by atoms with Crippen LogP contribution in [0.4, 0.5) is 0 Å². The monoisotopic (exact) mass is 253 g/mol. The molecule has 0 aliphatic carbocycles. The van der Waals surface area contributed by atoms with E-state index in [1.807, 2.05) is 0 Å². The summed E-state index contributed by atoms with van der Waals surface area (Å²) in [5, 5.41) is 19.4. The van der Waals surface area contributed by atoms with Crippen molar-refractivity contribution >= 4 is 11.6 Å². The molecular weight excluding hydrogens is 246 g/mol. The normalized spacial score (nSPS) is 10.4. The van der Waals surface area contributed by atoms with Gasteiger partial charge >= 0.3 is 0 Å². The second-order valence-electron chi connectivity index (χ2n) is 3.70. The van der Waals surface area contributed by atoms with Gasteiger partial charge in [0.05, 0.1) is 17.8 Å². The molecule has 1 heterocycles. The second kappa shape index (κ2) is 4.87. The summed E-state index contributed by atoms with van der Waals surface area (Å²) >= 11 is 5.81. The Morgan fingerprint density at radius 3 is 2.17 bits per heavy atom. The summed E-state index contributed by atoms with van der Waals surface area (Å²) < 4.78 is 0. The summed E-state index contributed by atoms with van der Waals surface area (Å²) in [4.78, 5) is 4.11. The summed E-state index contributed by atoms with van der Waals surface area (Å²) in [5.74, 6) is 0. The Morgan fingerprint density at radius 2 is 1.67 bits per heavy atom. The Hall–Kier alpha value is -2.36. The van der Waals surface area contributed by atoms with E-state index in [4.69, 9.17) is 11.6 Å². The summed E-state index contributed by atoms with van der Waals surface area (Å²) in [5.41, 5.74) is -0.417. The van der Waals surface area contributed by atoms with Gasteiger partial charge in [0.25, 0.3) is 0 Å². The molecule has 3 nitrogen and oxygen atoms in total. The highest BCUT2D eigenvalue weighted by atomic mass is 35.5. The minimum atomic E-state index is -1.40. The number of hydrogen-bond donors (Lipinski definition) is 0. The fourth-order valence-corrected chi connectivity index (χ4v) is 1.83. The Morgan fingerprint density at radius 1 is 1.00 bits per heavy atom. The van der Waals surface area contributed by atoms with Crippen LogP contribution in [0.15, 0.2) is 48.7 Å². The van der Waals surface area contributed by atoms with Gasteiger partial charge in [-0.25, -0.2) is 0 Å². The quantitative estimate of drug-likeness (QED) is 0.826. The van der Waals surface area contributed by atoms with Gasteiger partial charge in [-0.3, -0.25) is 4.98 Å². The number of hydrogen-bond acceptors (Lipinski definition) is 3. The molecule has 0 amide bonds. The molecule has 0 N–H and O–H groups in total. The lowest BCUT2D eigenvalue weighted by Gasteiger charge is -2.18. The largest absolute Gasteiger partial charge is 0.258 e. The first-order chi connectivity index (χ1) is 8.73. The first-order valence-corrected chi connectivity index (χ1v) is 5.61. The lowest BCUT2D eigenvalue weighted by molar-refractivity contribution is 0.806. The smallest absolute Gasteiger partial charge is 0.210 e. The van der Waals surface area contributed by atoms with E-state index in [-0.39, 0.29) is 0 Å². The summed E-state index contributed by atoms with van der Waals surface area (Å²) in [7, 11) is 0. The molecule has 1 aromatic carbocycles. The molecule has 0 spiro atoms. The van der Waals surface area contributed by atoms with Crippen LogP contribution in [0.1, 0.15) is 11.3 Å². The van der Waals surface area contributed by atoms with Gasteiger partial charge in [0.2, 0.25) is 5.41 Å². The number of pyridine rings is 1. The SMILES string of the molecule is N#CC(C#N)(c1ccc(Cl)cc1)c1ccccn1. The fourth-order valence-electron chi connectivity index (χ4n) is 1.70. The van der Waals surface area contributed by atoms with Crippen molar-refractivity contribution in [2.75, 3.05) is 0 Å². The number of nitrogens with zero attached hydrogens (tertiary/aromatic N) is 3. The predicted octanol–water partition coefficient (Wildman–Crippen LogP) is 3.07. The van der Waals surface area contributed by atoms with Gasteiger partial charge in [-0.05, 0) is 29.8 Å². The number of rotatable bonds is 2. The van der Waals surface area contributed by atoms with Crippen molar-refractivity contribution in [1.29, 1.82) is 10.5 Å². The number of benzene rings is 1. The number of aromatic nitrogens is 1. The van der Waals surface area contributed by atoms with Crippen molar-refractivity contribution in [2.45, 2.75) is 5.41 Å². The molecule has 0 saturated carbocycles. The van der Waals surface area contributed by atoms with E-state index >= 15 is 0 Å². The molecule has 0 atom stereocenters. The molecule has 0 radical (unpaired) electrons. The molecule has 2 aromatic rings. The first kappa shape index (κ1) is 12.1. The zero-order chi connectivity index (χ0) is 13.0. The molecule has 0 bridgehead atoms. The van der Waals surface area contributed by atoms with Gasteiger partial charge < -0.3 is 0 Å². The van der Waals surface area contributed by atoms with Gasteiger partial charge in [-0.15, -0.1) is 0 Å².